The summed E-state index contributed by atoms with van der Waals surface area (Å²) in [5.74, 6) is -1.26. The molecule has 1 heterocycles. The molecule has 0 aromatic heterocycles. The largest absolute Gasteiger partial charge is 0.466 e. The lowest BCUT2D eigenvalue weighted by Gasteiger charge is -2.31. The van der Waals surface area contributed by atoms with E-state index in [4.69, 9.17) is 4.74 Å². The molecule has 0 aliphatic carbocycles. The SMILES string of the molecule is CCOC(=O)CCC(=O)Nc1ccc2c(c1)CCCN2S(=O)(=O)c1ccc(F)cc1. The average molecular weight is 434 g/mol. The van der Waals surface area contributed by atoms with Crippen LogP contribution in [0.4, 0.5) is 15.8 Å². The number of carbonyl (C=O) groups is 2. The number of hydrogen-bond acceptors (Lipinski definition) is 5. The van der Waals surface area contributed by atoms with Gasteiger partial charge in [0.05, 0.1) is 23.6 Å². The van der Waals surface area contributed by atoms with E-state index >= 15 is 0 Å². The van der Waals surface area contributed by atoms with Crippen LogP contribution >= 0.6 is 0 Å². The van der Waals surface area contributed by atoms with Gasteiger partial charge in [0.15, 0.2) is 0 Å². The second-order valence-corrected chi connectivity index (χ2v) is 8.69. The quantitative estimate of drug-likeness (QED) is 0.676. The van der Waals surface area contributed by atoms with Crippen LogP contribution in [0.25, 0.3) is 0 Å². The van der Waals surface area contributed by atoms with Crippen LogP contribution < -0.4 is 9.62 Å². The molecular formula is C21H23FN2O5S. The summed E-state index contributed by atoms with van der Waals surface area (Å²) in [6.07, 6.45) is 1.28. The predicted molar refractivity (Wildman–Crippen MR) is 110 cm³/mol. The minimum Gasteiger partial charge on any atom is -0.466 e. The Balaban J connectivity index is 1.75. The smallest absolute Gasteiger partial charge is 0.306 e. The fourth-order valence-corrected chi connectivity index (χ4v) is 4.84. The molecule has 0 saturated heterocycles. The minimum absolute atomic E-state index is 0.000981. The zero-order chi connectivity index (χ0) is 21.7. The zero-order valence-electron chi connectivity index (χ0n) is 16.6. The number of ether oxygens (including phenoxy) is 1. The summed E-state index contributed by atoms with van der Waals surface area (Å²) >= 11 is 0. The van der Waals surface area contributed by atoms with Gasteiger partial charge in [-0.3, -0.25) is 13.9 Å². The van der Waals surface area contributed by atoms with E-state index in [0.29, 0.717) is 30.8 Å². The molecule has 160 valence electrons. The third kappa shape index (κ3) is 4.96. The molecule has 1 aliphatic rings. The van der Waals surface area contributed by atoms with E-state index in [1.165, 1.54) is 16.4 Å². The monoisotopic (exact) mass is 434 g/mol. The van der Waals surface area contributed by atoms with Crippen molar-refractivity contribution in [1.82, 2.24) is 0 Å². The van der Waals surface area contributed by atoms with Gasteiger partial charge in [-0.05, 0) is 67.8 Å². The van der Waals surface area contributed by atoms with Crippen molar-refractivity contribution >= 4 is 33.3 Å². The standard InChI is InChI=1S/C21H23FN2O5S/c1-2-29-21(26)12-11-20(25)23-17-7-10-19-15(14-17)4-3-13-24(19)30(27,28)18-8-5-16(22)6-9-18/h5-10,14H,2-4,11-13H2,1H3,(H,23,25). The molecule has 0 radical (unpaired) electrons. The number of nitrogens with one attached hydrogen (secondary N) is 1. The van der Waals surface area contributed by atoms with Gasteiger partial charge >= 0.3 is 5.97 Å². The number of rotatable bonds is 7. The molecule has 0 saturated carbocycles. The number of anilines is 2. The summed E-state index contributed by atoms with van der Waals surface area (Å²) in [6, 6.07) is 9.74. The Morgan fingerprint density at radius 2 is 1.87 bits per heavy atom. The first-order valence-corrected chi connectivity index (χ1v) is 11.1. The molecular weight excluding hydrogens is 411 g/mol. The molecule has 2 aromatic rings. The van der Waals surface area contributed by atoms with Crippen LogP contribution in [0.1, 0.15) is 31.7 Å². The lowest BCUT2D eigenvalue weighted by Crippen LogP contribution is -2.35. The summed E-state index contributed by atoms with van der Waals surface area (Å²) in [5, 5.41) is 2.72. The number of esters is 1. The van der Waals surface area contributed by atoms with Crippen molar-refractivity contribution in [3.8, 4) is 0 Å². The Kier molecular flexibility index (Phi) is 6.71. The van der Waals surface area contributed by atoms with E-state index in [1.54, 1.807) is 25.1 Å². The second kappa shape index (κ2) is 9.25. The number of sulfonamides is 1. The molecule has 3 rings (SSSR count). The van der Waals surface area contributed by atoms with Crippen molar-refractivity contribution in [2.24, 2.45) is 0 Å². The number of hydrogen-bond donors (Lipinski definition) is 1. The van der Waals surface area contributed by atoms with Crippen molar-refractivity contribution in [3.63, 3.8) is 0 Å². The van der Waals surface area contributed by atoms with Crippen LogP contribution in [-0.4, -0.2) is 33.4 Å². The number of fused-ring (bicyclic) bond motifs is 1. The van der Waals surface area contributed by atoms with E-state index in [0.717, 1.165) is 17.7 Å². The molecule has 0 atom stereocenters. The highest BCUT2D eigenvalue weighted by Gasteiger charge is 2.29. The van der Waals surface area contributed by atoms with Crippen LogP contribution in [0.2, 0.25) is 0 Å². The molecule has 1 amide bonds. The highest BCUT2D eigenvalue weighted by Crippen LogP contribution is 2.33. The minimum atomic E-state index is -3.82. The van der Waals surface area contributed by atoms with Gasteiger partial charge < -0.3 is 10.1 Å². The van der Waals surface area contributed by atoms with Crippen LogP contribution in [0.15, 0.2) is 47.4 Å². The van der Waals surface area contributed by atoms with Gasteiger partial charge in [-0.15, -0.1) is 0 Å². The number of benzene rings is 2. The van der Waals surface area contributed by atoms with Gasteiger partial charge in [0, 0.05) is 18.7 Å². The Morgan fingerprint density at radius 1 is 1.13 bits per heavy atom. The summed E-state index contributed by atoms with van der Waals surface area (Å²) in [5.41, 5.74) is 1.86. The number of aryl methyl sites for hydroxylation is 1. The van der Waals surface area contributed by atoms with E-state index in [1.807, 2.05) is 0 Å². The number of amides is 1. The normalized spacial score (nSPS) is 13.5. The molecule has 7 nitrogen and oxygen atoms in total. The summed E-state index contributed by atoms with van der Waals surface area (Å²) in [6.45, 7) is 2.28. The summed E-state index contributed by atoms with van der Waals surface area (Å²) in [4.78, 5) is 23.5. The van der Waals surface area contributed by atoms with Crippen molar-refractivity contribution in [3.05, 3.63) is 53.8 Å². The Bertz CT molecular complexity index is 1040. The molecule has 2 aromatic carbocycles. The molecule has 1 N–H and O–H groups in total. The third-order valence-electron chi connectivity index (χ3n) is 4.70. The molecule has 30 heavy (non-hydrogen) atoms. The van der Waals surface area contributed by atoms with Gasteiger partial charge in [0.1, 0.15) is 5.82 Å². The van der Waals surface area contributed by atoms with Crippen molar-refractivity contribution in [2.75, 3.05) is 22.8 Å². The van der Waals surface area contributed by atoms with E-state index in [9.17, 15) is 22.4 Å². The van der Waals surface area contributed by atoms with Gasteiger partial charge in [-0.25, -0.2) is 12.8 Å². The predicted octanol–water partition coefficient (Wildman–Crippen LogP) is 3.25. The molecule has 0 unspecified atom stereocenters. The first kappa shape index (κ1) is 21.8. The zero-order valence-corrected chi connectivity index (χ0v) is 17.4. The van der Waals surface area contributed by atoms with Crippen LogP contribution in [0.5, 0.6) is 0 Å². The van der Waals surface area contributed by atoms with Crippen LogP contribution in [0.3, 0.4) is 0 Å². The number of nitrogens with zero attached hydrogens (tertiary/aromatic N) is 1. The van der Waals surface area contributed by atoms with Gasteiger partial charge in [0.25, 0.3) is 10.0 Å². The van der Waals surface area contributed by atoms with E-state index in [-0.39, 0.29) is 30.3 Å². The number of carbonyl (C=O) groups excluding carboxylic acids is 2. The molecule has 0 spiro atoms. The molecule has 9 heteroatoms. The van der Waals surface area contributed by atoms with Crippen molar-refractivity contribution in [2.45, 2.75) is 37.5 Å². The van der Waals surface area contributed by atoms with Gasteiger partial charge in [-0.1, -0.05) is 0 Å². The second-order valence-electron chi connectivity index (χ2n) is 6.83. The first-order valence-electron chi connectivity index (χ1n) is 9.68. The van der Waals surface area contributed by atoms with E-state index in [2.05, 4.69) is 5.32 Å². The van der Waals surface area contributed by atoms with Crippen LogP contribution in [0, 0.1) is 5.82 Å². The molecule has 1 aliphatic heterocycles. The maximum absolute atomic E-state index is 13.2. The molecule has 0 bridgehead atoms. The highest BCUT2D eigenvalue weighted by molar-refractivity contribution is 7.92. The Hall–Kier alpha value is -2.94. The lowest BCUT2D eigenvalue weighted by molar-refractivity contribution is -0.144. The van der Waals surface area contributed by atoms with Gasteiger partial charge in [-0.2, -0.15) is 0 Å². The van der Waals surface area contributed by atoms with E-state index < -0.39 is 21.8 Å². The molecule has 0 fully saturated rings. The Morgan fingerprint density at radius 3 is 2.57 bits per heavy atom. The highest BCUT2D eigenvalue weighted by atomic mass is 32.2. The average Bonchev–Trinajstić information content (AvgIpc) is 2.72. The topological polar surface area (TPSA) is 92.8 Å². The fourth-order valence-electron chi connectivity index (χ4n) is 3.30. The van der Waals surface area contributed by atoms with Crippen molar-refractivity contribution in [1.29, 1.82) is 0 Å². The van der Waals surface area contributed by atoms with Gasteiger partial charge in [0.2, 0.25) is 5.91 Å². The van der Waals surface area contributed by atoms with Crippen LogP contribution in [-0.2, 0) is 30.8 Å². The maximum Gasteiger partial charge on any atom is 0.306 e. The number of halogens is 1. The first-order chi connectivity index (χ1) is 14.3. The maximum atomic E-state index is 13.2. The Labute approximate surface area is 174 Å². The van der Waals surface area contributed by atoms with Crippen molar-refractivity contribution < 1.29 is 27.1 Å². The summed E-state index contributed by atoms with van der Waals surface area (Å²) < 4.78 is 45.3. The lowest BCUT2D eigenvalue weighted by atomic mass is 10.0. The third-order valence-corrected chi connectivity index (χ3v) is 6.53. The fraction of sp³-hybridized carbons (Fsp3) is 0.333. The summed E-state index contributed by atoms with van der Waals surface area (Å²) in [7, 11) is -3.82.